The standard InChI is InChI=1S/C18H25N3O4/c1-18(2)16(22)21(17(23)19-18)10-6-9-20(3)11-13-12-24-14-7-4-5-8-15(14)25-13/h4-5,7-8,13H,6,9-12H2,1-3H3,(H,19,23)/t13-/m0/s1. The second-order valence-electron chi connectivity index (χ2n) is 7.13. The monoisotopic (exact) mass is 347 g/mol. The van der Waals surface area contributed by atoms with Gasteiger partial charge in [0.1, 0.15) is 18.2 Å². The van der Waals surface area contributed by atoms with E-state index in [1.807, 2.05) is 31.3 Å². The maximum atomic E-state index is 12.1. The van der Waals surface area contributed by atoms with Crippen molar-refractivity contribution in [3.63, 3.8) is 0 Å². The lowest BCUT2D eigenvalue weighted by Crippen LogP contribution is -2.41. The molecule has 1 atom stereocenters. The van der Waals surface area contributed by atoms with E-state index in [4.69, 9.17) is 9.47 Å². The van der Waals surface area contributed by atoms with Crippen LogP contribution in [0.25, 0.3) is 0 Å². The summed E-state index contributed by atoms with van der Waals surface area (Å²) in [6, 6.07) is 7.34. The number of carbonyl (C=O) groups is 2. The molecule has 1 fully saturated rings. The fourth-order valence-corrected chi connectivity index (χ4v) is 3.11. The van der Waals surface area contributed by atoms with Gasteiger partial charge in [0.05, 0.1) is 0 Å². The summed E-state index contributed by atoms with van der Waals surface area (Å²) in [5.74, 6) is 1.39. The highest BCUT2D eigenvalue weighted by molar-refractivity contribution is 6.06. The van der Waals surface area contributed by atoms with E-state index in [2.05, 4.69) is 10.2 Å². The third kappa shape index (κ3) is 3.87. The summed E-state index contributed by atoms with van der Waals surface area (Å²) in [5.41, 5.74) is -0.802. The molecule has 2 aliphatic rings. The summed E-state index contributed by atoms with van der Waals surface area (Å²) in [6.45, 7) is 5.86. The number of hydrogen-bond donors (Lipinski definition) is 1. The van der Waals surface area contributed by atoms with Gasteiger partial charge in [-0.25, -0.2) is 4.79 Å². The van der Waals surface area contributed by atoms with E-state index in [0.29, 0.717) is 13.2 Å². The van der Waals surface area contributed by atoms with Gasteiger partial charge in [0.2, 0.25) is 0 Å². The van der Waals surface area contributed by atoms with Gasteiger partial charge >= 0.3 is 6.03 Å². The van der Waals surface area contributed by atoms with E-state index < -0.39 is 5.54 Å². The number of carbonyl (C=O) groups excluding carboxylic acids is 2. The van der Waals surface area contributed by atoms with Crippen LogP contribution in [0.1, 0.15) is 20.3 Å². The SMILES string of the molecule is CN(CCCN1C(=O)NC(C)(C)C1=O)C[C@H]1COc2ccccc2O1. The Morgan fingerprint density at radius 3 is 2.68 bits per heavy atom. The largest absolute Gasteiger partial charge is 0.486 e. The number of hydrogen-bond acceptors (Lipinski definition) is 5. The van der Waals surface area contributed by atoms with Gasteiger partial charge in [0.25, 0.3) is 5.91 Å². The van der Waals surface area contributed by atoms with Crippen LogP contribution in [0.5, 0.6) is 11.5 Å². The van der Waals surface area contributed by atoms with Crippen LogP contribution in [0.2, 0.25) is 0 Å². The summed E-state index contributed by atoms with van der Waals surface area (Å²) in [6.07, 6.45) is 0.686. The third-order valence-electron chi connectivity index (χ3n) is 4.45. The molecule has 1 aromatic carbocycles. The smallest absolute Gasteiger partial charge is 0.325 e. The van der Waals surface area contributed by atoms with Gasteiger partial charge in [0, 0.05) is 13.1 Å². The van der Waals surface area contributed by atoms with Crippen LogP contribution >= 0.6 is 0 Å². The van der Waals surface area contributed by atoms with Crippen LogP contribution in [0.3, 0.4) is 0 Å². The summed E-state index contributed by atoms with van der Waals surface area (Å²) in [7, 11) is 2.00. The number of fused-ring (bicyclic) bond motifs is 1. The molecule has 0 bridgehead atoms. The van der Waals surface area contributed by atoms with E-state index in [-0.39, 0.29) is 18.0 Å². The normalized spacial score (nSPS) is 21.6. The Bertz CT molecular complexity index is 661. The molecule has 0 radical (unpaired) electrons. The summed E-state index contributed by atoms with van der Waals surface area (Å²) < 4.78 is 11.7. The Morgan fingerprint density at radius 2 is 2.00 bits per heavy atom. The fraction of sp³-hybridized carbons (Fsp3) is 0.556. The van der Waals surface area contributed by atoms with Crippen molar-refractivity contribution in [1.29, 1.82) is 0 Å². The molecule has 0 unspecified atom stereocenters. The molecule has 7 nitrogen and oxygen atoms in total. The van der Waals surface area contributed by atoms with Gasteiger partial charge in [-0.1, -0.05) is 12.1 Å². The van der Waals surface area contributed by atoms with E-state index in [1.165, 1.54) is 4.90 Å². The number of likely N-dealkylation sites (N-methyl/N-ethyl adjacent to an activating group) is 1. The molecule has 1 N–H and O–H groups in total. The third-order valence-corrected chi connectivity index (χ3v) is 4.45. The second kappa shape index (κ2) is 6.92. The van der Waals surface area contributed by atoms with Gasteiger partial charge in [-0.2, -0.15) is 0 Å². The second-order valence-corrected chi connectivity index (χ2v) is 7.13. The maximum Gasteiger partial charge on any atom is 0.325 e. The minimum atomic E-state index is -0.802. The van der Waals surface area contributed by atoms with Crippen LogP contribution in [0.15, 0.2) is 24.3 Å². The number of nitrogens with one attached hydrogen (secondary N) is 1. The first-order valence-corrected chi connectivity index (χ1v) is 8.58. The zero-order valence-corrected chi connectivity index (χ0v) is 14.9. The Morgan fingerprint density at radius 1 is 1.28 bits per heavy atom. The van der Waals surface area contributed by atoms with E-state index in [1.54, 1.807) is 13.8 Å². The minimum Gasteiger partial charge on any atom is -0.486 e. The number of para-hydroxylation sites is 2. The van der Waals surface area contributed by atoms with Crippen molar-refractivity contribution in [2.45, 2.75) is 31.9 Å². The van der Waals surface area contributed by atoms with E-state index >= 15 is 0 Å². The molecule has 1 aromatic rings. The molecule has 0 spiro atoms. The van der Waals surface area contributed by atoms with Crippen molar-refractivity contribution in [3.05, 3.63) is 24.3 Å². The zero-order valence-electron chi connectivity index (χ0n) is 14.9. The van der Waals surface area contributed by atoms with Crippen molar-refractivity contribution >= 4 is 11.9 Å². The van der Waals surface area contributed by atoms with Crippen LogP contribution < -0.4 is 14.8 Å². The molecular weight excluding hydrogens is 322 g/mol. The number of ether oxygens (including phenoxy) is 2. The average Bonchev–Trinajstić information content (AvgIpc) is 2.76. The number of benzene rings is 1. The summed E-state index contributed by atoms with van der Waals surface area (Å²) in [5, 5.41) is 2.69. The summed E-state index contributed by atoms with van der Waals surface area (Å²) >= 11 is 0. The highest BCUT2D eigenvalue weighted by atomic mass is 16.6. The van der Waals surface area contributed by atoms with Gasteiger partial charge in [-0.05, 0) is 46.0 Å². The molecular formula is C18H25N3O4. The molecule has 2 aliphatic heterocycles. The van der Waals surface area contributed by atoms with Crippen LogP contribution in [0, 0.1) is 0 Å². The fourth-order valence-electron chi connectivity index (χ4n) is 3.11. The quantitative estimate of drug-likeness (QED) is 0.789. The molecule has 0 aliphatic carbocycles. The minimum absolute atomic E-state index is 0.0319. The predicted octanol–water partition coefficient (Wildman–Crippen LogP) is 1.48. The first kappa shape index (κ1) is 17.5. The van der Waals surface area contributed by atoms with Crippen LogP contribution in [0.4, 0.5) is 4.79 Å². The van der Waals surface area contributed by atoms with Crippen LogP contribution in [-0.4, -0.2) is 66.7 Å². The molecule has 3 rings (SSSR count). The van der Waals surface area contributed by atoms with Crippen molar-refractivity contribution in [2.75, 3.05) is 33.3 Å². The van der Waals surface area contributed by atoms with Crippen molar-refractivity contribution in [3.8, 4) is 11.5 Å². The van der Waals surface area contributed by atoms with Gasteiger partial charge in [-0.3, -0.25) is 9.69 Å². The molecule has 0 saturated carbocycles. The van der Waals surface area contributed by atoms with Gasteiger partial charge in [-0.15, -0.1) is 0 Å². The lowest BCUT2D eigenvalue weighted by Gasteiger charge is -2.29. The number of rotatable bonds is 6. The van der Waals surface area contributed by atoms with Crippen molar-refractivity contribution < 1.29 is 19.1 Å². The van der Waals surface area contributed by atoms with Gasteiger partial charge < -0.3 is 19.7 Å². The molecule has 136 valence electrons. The lowest BCUT2D eigenvalue weighted by molar-refractivity contribution is -0.130. The Kier molecular flexibility index (Phi) is 4.85. The highest BCUT2D eigenvalue weighted by Crippen LogP contribution is 2.30. The highest BCUT2D eigenvalue weighted by Gasteiger charge is 2.43. The topological polar surface area (TPSA) is 71.1 Å². The molecule has 7 heteroatoms. The maximum absolute atomic E-state index is 12.1. The molecule has 0 aromatic heterocycles. The number of amides is 3. The number of nitrogens with zero attached hydrogens (tertiary/aromatic N) is 2. The summed E-state index contributed by atoms with van der Waals surface area (Å²) in [4.78, 5) is 27.4. The lowest BCUT2D eigenvalue weighted by atomic mass is 10.1. The average molecular weight is 347 g/mol. The molecule has 1 saturated heterocycles. The van der Waals surface area contributed by atoms with E-state index in [9.17, 15) is 9.59 Å². The molecule has 25 heavy (non-hydrogen) atoms. The van der Waals surface area contributed by atoms with E-state index in [0.717, 1.165) is 31.0 Å². The first-order valence-electron chi connectivity index (χ1n) is 8.58. The number of urea groups is 1. The van der Waals surface area contributed by atoms with Gasteiger partial charge in [0.15, 0.2) is 11.5 Å². The van der Waals surface area contributed by atoms with Crippen molar-refractivity contribution in [2.24, 2.45) is 0 Å². The van der Waals surface area contributed by atoms with Crippen LogP contribution in [-0.2, 0) is 4.79 Å². The Labute approximate surface area is 147 Å². The zero-order chi connectivity index (χ0) is 18.0. The Balaban J connectivity index is 1.43. The predicted molar refractivity (Wildman–Crippen MR) is 92.8 cm³/mol. The Hall–Kier alpha value is -2.28. The molecule has 2 heterocycles. The first-order chi connectivity index (χ1) is 11.9. The van der Waals surface area contributed by atoms with Crippen molar-refractivity contribution in [1.82, 2.24) is 15.1 Å². The molecule has 3 amide bonds. The number of imide groups is 1.